The molecule has 1 fully saturated rings. The first-order valence-corrected chi connectivity index (χ1v) is 7.55. The lowest BCUT2D eigenvalue weighted by molar-refractivity contribution is -0.134. The Bertz CT molecular complexity index is 436. The number of carbonyl (C=O) groups excluding carboxylic acids is 2. The maximum absolute atomic E-state index is 12.2. The minimum atomic E-state index is 0.0398. The molecule has 1 saturated heterocycles. The fraction of sp³-hybridized carbons (Fsp3) is 0.571. The highest BCUT2D eigenvalue weighted by Gasteiger charge is 2.26. The first-order valence-electron chi connectivity index (χ1n) is 6.67. The van der Waals surface area contributed by atoms with E-state index in [9.17, 15) is 9.59 Å². The highest BCUT2D eigenvalue weighted by Crippen LogP contribution is 2.21. The van der Waals surface area contributed by atoms with Crippen molar-refractivity contribution in [3.63, 3.8) is 0 Å². The standard InChI is InChI=1S/C14H20N2O2S/c1-10(13-4-3-9-19-13)15-14(18)12-5-7-16(8-6-12)11(2)17/h3-4,9-10,12H,5-8H2,1-2H3,(H,15,18)/t10-/m0/s1. The maximum Gasteiger partial charge on any atom is 0.223 e. The van der Waals surface area contributed by atoms with E-state index < -0.39 is 0 Å². The molecule has 0 radical (unpaired) electrons. The van der Waals surface area contributed by atoms with Crippen molar-refractivity contribution in [2.75, 3.05) is 13.1 Å². The van der Waals surface area contributed by atoms with Crippen molar-refractivity contribution < 1.29 is 9.59 Å². The Balaban J connectivity index is 1.83. The summed E-state index contributed by atoms with van der Waals surface area (Å²) in [4.78, 5) is 26.4. The minimum absolute atomic E-state index is 0.0398. The Morgan fingerprint density at radius 1 is 1.42 bits per heavy atom. The average Bonchev–Trinajstić information content (AvgIpc) is 2.92. The lowest BCUT2D eigenvalue weighted by Gasteiger charge is -2.31. The lowest BCUT2D eigenvalue weighted by Crippen LogP contribution is -2.42. The van der Waals surface area contributed by atoms with Gasteiger partial charge in [-0.05, 0) is 31.2 Å². The van der Waals surface area contributed by atoms with Crippen LogP contribution in [-0.4, -0.2) is 29.8 Å². The van der Waals surface area contributed by atoms with Gasteiger partial charge in [0.05, 0.1) is 6.04 Å². The van der Waals surface area contributed by atoms with Crippen molar-refractivity contribution in [1.82, 2.24) is 10.2 Å². The van der Waals surface area contributed by atoms with Crippen LogP contribution in [0, 0.1) is 5.92 Å². The van der Waals surface area contributed by atoms with Gasteiger partial charge in [-0.3, -0.25) is 9.59 Å². The number of likely N-dealkylation sites (tertiary alicyclic amines) is 1. The Hall–Kier alpha value is -1.36. The SMILES string of the molecule is CC(=O)N1CCC(C(=O)N[C@@H](C)c2cccs2)CC1. The average molecular weight is 280 g/mol. The number of piperidine rings is 1. The zero-order valence-electron chi connectivity index (χ0n) is 11.4. The summed E-state index contributed by atoms with van der Waals surface area (Å²) in [6, 6.07) is 4.10. The topological polar surface area (TPSA) is 49.4 Å². The molecule has 1 aromatic rings. The van der Waals surface area contributed by atoms with Gasteiger partial charge in [0.1, 0.15) is 0 Å². The second kappa shape index (κ2) is 6.19. The third-order valence-corrected chi connectivity index (χ3v) is 4.69. The monoisotopic (exact) mass is 280 g/mol. The fourth-order valence-corrected chi connectivity index (χ4v) is 3.13. The van der Waals surface area contributed by atoms with Crippen LogP contribution in [0.2, 0.25) is 0 Å². The van der Waals surface area contributed by atoms with E-state index in [0.29, 0.717) is 13.1 Å². The van der Waals surface area contributed by atoms with Crippen LogP contribution in [-0.2, 0) is 9.59 Å². The maximum atomic E-state index is 12.2. The molecule has 2 heterocycles. The van der Waals surface area contributed by atoms with Gasteiger partial charge in [-0.2, -0.15) is 0 Å². The summed E-state index contributed by atoms with van der Waals surface area (Å²) in [5.74, 6) is 0.257. The van der Waals surface area contributed by atoms with Gasteiger partial charge in [0.2, 0.25) is 11.8 Å². The van der Waals surface area contributed by atoms with Crippen LogP contribution in [0.4, 0.5) is 0 Å². The van der Waals surface area contributed by atoms with Crippen molar-refractivity contribution >= 4 is 23.2 Å². The van der Waals surface area contributed by atoms with Crippen molar-refractivity contribution in [2.24, 2.45) is 5.92 Å². The molecule has 1 aliphatic rings. The summed E-state index contributed by atoms with van der Waals surface area (Å²) >= 11 is 1.66. The number of hydrogen-bond acceptors (Lipinski definition) is 3. The third-order valence-electron chi connectivity index (χ3n) is 3.64. The van der Waals surface area contributed by atoms with Gasteiger partial charge in [0, 0.05) is 30.8 Å². The van der Waals surface area contributed by atoms with Crippen LogP contribution in [0.15, 0.2) is 17.5 Å². The normalized spacial score (nSPS) is 18.1. The highest BCUT2D eigenvalue weighted by molar-refractivity contribution is 7.10. The summed E-state index contributed by atoms with van der Waals surface area (Å²) in [6.07, 6.45) is 1.53. The Morgan fingerprint density at radius 3 is 2.63 bits per heavy atom. The molecule has 104 valence electrons. The van der Waals surface area contributed by atoms with E-state index in [0.717, 1.165) is 12.8 Å². The first kappa shape index (κ1) is 14.1. The van der Waals surface area contributed by atoms with Crippen LogP contribution in [0.3, 0.4) is 0 Å². The molecule has 0 bridgehead atoms. The molecule has 4 nitrogen and oxygen atoms in total. The smallest absolute Gasteiger partial charge is 0.223 e. The molecule has 0 unspecified atom stereocenters. The zero-order valence-corrected chi connectivity index (χ0v) is 12.2. The molecule has 1 aliphatic heterocycles. The van der Waals surface area contributed by atoms with Crippen LogP contribution in [0.25, 0.3) is 0 Å². The van der Waals surface area contributed by atoms with Crippen molar-refractivity contribution in [3.8, 4) is 0 Å². The van der Waals surface area contributed by atoms with Gasteiger partial charge in [0.25, 0.3) is 0 Å². The summed E-state index contributed by atoms with van der Waals surface area (Å²) in [5, 5.41) is 5.08. The number of thiophene rings is 1. The van der Waals surface area contributed by atoms with E-state index in [1.165, 1.54) is 4.88 Å². The van der Waals surface area contributed by atoms with Gasteiger partial charge in [0.15, 0.2) is 0 Å². The molecule has 1 N–H and O–H groups in total. The number of rotatable bonds is 3. The van der Waals surface area contributed by atoms with Crippen LogP contribution < -0.4 is 5.32 Å². The van der Waals surface area contributed by atoms with E-state index in [1.807, 2.05) is 29.3 Å². The van der Waals surface area contributed by atoms with Gasteiger partial charge in [-0.25, -0.2) is 0 Å². The number of amides is 2. The molecule has 1 aromatic heterocycles. The molecular formula is C14H20N2O2S. The van der Waals surface area contributed by atoms with E-state index >= 15 is 0 Å². The van der Waals surface area contributed by atoms with E-state index in [-0.39, 0.29) is 23.8 Å². The van der Waals surface area contributed by atoms with Crippen LogP contribution >= 0.6 is 11.3 Å². The second-order valence-corrected chi connectivity index (χ2v) is 6.01. The van der Waals surface area contributed by atoms with Gasteiger partial charge in [-0.15, -0.1) is 11.3 Å². The van der Waals surface area contributed by atoms with Crippen LogP contribution in [0.5, 0.6) is 0 Å². The molecular weight excluding hydrogens is 260 g/mol. The second-order valence-electron chi connectivity index (χ2n) is 5.03. The van der Waals surface area contributed by atoms with Crippen molar-refractivity contribution in [1.29, 1.82) is 0 Å². The summed E-state index contributed by atoms with van der Waals surface area (Å²) in [6.45, 7) is 4.98. The fourth-order valence-electron chi connectivity index (χ4n) is 2.40. The van der Waals surface area contributed by atoms with Crippen LogP contribution in [0.1, 0.15) is 37.6 Å². The van der Waals surface area contributed by atoms with E-state index in [2.05, 4.69) is 5.32 Å². The number of carbonyl (C=O) groups is 2. The Morgan fingerprint density at radius 2 is 2.11 bits per heavy atom. The summed E-state index contributed by atoms with van der Waals surface area (Å²) < 4.78 is 0. The predicted octanol–water partition coefficient (Wildman–Crippen LogP) is 2.18. The quantitative estimate of drug-likeness (QED) is 0.922. The largest absolute Gasteiger partial charge is 0.349 e. The number of nitrogens with zero attached hydrogens (tertiary/aromatic N) is 1. The summed E-state index contributed by atoms with van der Waals surface area (Å²) in [5.41, 5.74) is 0. The Kier molecular flexibility index (Phi) is 4.58. The molecule has 0 aliphatic carbocycles. The minimum Gasteiger partial charge on any atom is -0.349 e. The van der Waals surface area contributed by atoms with Gasteiger partial charge >= 0.3 is 0 Å². The molecule has 5 heteroatoms. The highest BCUT2D eigenvalue weighted by atomic mass is 32.1. The molecule has 0 aromatic carbocycles. The molecule has 1 atom stereocenters. The molecule has 2 amide bonds. The van der Waals surface area contributed by atoms with E-state index in [4.69, 9.17) is 0 Å². The Labute approximate surface area is 117 Å². The molecule has 2 rings (SSSR count). The van der Waals surface area contributed by atoms with Crippen molar-refractivity contribution in [2.45, 2.75) is 32.7 Å². The first-order chi connectivity index (χ1) is 9.08. The van der Waals surface area contributed by atoms with Crippen molar-refractivity contribution in [3.05, 3.63) is 22.4 Å². The summed E-state index contributed by atoms with van der Waals surface area (Å²) in [7, 11) is 0. The number of nitrogens with one attached hydrogen (secondary N) is 1. The van der Waals surface area contributed by atoms with E-state index in [1.54, 1.807) is 18.3 Å². The lowest BCUT2D eigenvalue weighted by atomic mass is 9.95. The molecule has 19 heavy (non-hydrogen) atoms. The number of hydrogen-bond donors (Lipinski definition) is 1. The molecule has 0 spiro atoms. The predicted molar refractivity (Wildman–Crippen MR) is 75.9 cm³/mol. The van der Waals surface area contributed by atoms with Gasteiger partial charge in [-0.1, -0.05) is 6.07 Å². The van der Waals surface area contributed by atoms with Gasteiger partial charge < -0.3 is 10.2 Å². The zero-order chi connectivity index (χ0) is 13.8. The third kappa shape index (κ3) is 3.56. The molecule has 0 saturated carbocycles.